The number of aryl methyl sites for hydroxylation is 2. The smallest absolute Gasteiger partial charge is 0.253 e. The molecule has 1 aromatic heterocycles. The van der Waals surface area contributed by atoms with Crippen LogP contribution in [0.2, 0.25) is 0 Å². The summed E-state index contributed by atoms with van der Waals surface area (Å²) in [5.41, 5.74) is 4.05. The van der Waals surface area contributed by atoms with Gasteiger partial charge in [0.2, 0.25) is 5.95 Å². The number of hydrogen-bond donors (Lipinski definition) is 0. The van der Waals surface area contributed by atoms with E-state index in [0.717, 1.165) is 36.0 Å². The summed E-state index contributed by atoms with van der Waals surface area (Å²) in [6.07, 6.45) is 0. The second-order valence-corrected chi connectivity index (χ2v) is 8.06. The van der Waals surface area contributed by atoms with Crippen molar-refractivity contribution >= 4 is 11.9 Å². The number of rotatable bonds is 2. The van der Waals surface area contributed by atoms with Gasteiger partial charge in [-0.15, -0.1) is 0 Å². The summed E-state index contributed by atoms with van der Waals surface area (Å²) in [4.78, 5) is 25.9. The van der Waals surface area contributed by atoms with E-state index in [9.17, 15) is 4.79 Å². The molecule has 26 heavy (non-hydrogen) atoms. The predicted molar refractivity (Wildman–Crippen MR) is 105 cm³/mol. The molecule has 1 aromatic carbocycles. The van der Waals surface area contributed by atoms with Crippen molar-refractivity contribution in [1.29, 1.82) is 0 Å². The number of amides is 1. The number of piperazine rings is 1. The van der Waals surface area contributed by atoms with Crippen molar-refractivity contribution in [2.24, 2.45) is 0 Å². The molecule has 3 rings (SSSR count). The summed E-state index contributed by atoms with van der Waals surface area (Å²) in [5.74, 6) is 0.871. The van der Waals surface area contributed by atoms with Gasteiger partial charge in [-0.1, -0.05) is 32.9 Å². The van der Waals surface area contributed by atoms with E-state index in [0.29, 0.717) is 13.1 Å². The quantitative estimate of drug-likeness (QED) is 0.832. The lowest BCUT2D eigenvalue weighted by molar-refractivity contribution is 0.0746. The Morgan fingerprint density at radius 1 is 0.923 bits per heavy atom. The zero-order valence-corrected chi connectivity index (χ0v) is 16.4. The molecule has 0 saturated carbocycles. The summed E-state index contributed by atoms with van der Waals surface area (Å²) in [6, 6.07) is 9.99. The molecule has 2 aromatic rings. The maximum atomic E-state index is 12.8. The zero-order chi connectivity index (χ0) is 18.9. The molecule has 2 heterocycles. The Labute approximate surface area is 156 Å². The largest absolute Gasteiger partial charge is 0.337 e. The first-order chi connectivity index (χ1) is 12.2. The highest BCUT2D eigenvalue weighted by atomic mass is 16.2. The maximum absolute atomic E-state index is 12.8. The monoisotopic (exact) mass is 352 g/mol. The van der Waals surface area contributed by atoms with Gasteiger partial charge in [0.15, 0.2) is 0 Å². The zero-order valence-electron chi connectivity index (χ0n) is 16.4. The number of carbonyl (C=O) groups is 1. The second kappa shape index (κ2) is 7.06. The molecule has 0 N–H and O–H groups in total. The molecule has 5 heteroatoms. The molecule has 0 unspecified atom stereocenters. The average Bonchev–Trinajstić information content (AvgIpc) is 2.60. The van der Waals surface area contributed by atoms with Gasteiger partial charge < -0.3 is 9.80 Å². The average molecular weight is 352 g/mol. The van der Waals surface area contributed by atoms with Gasteiger partial charge in [0.05, 0.1) is 0 Å². The fourth-order valence-electron chi connectivity index (χ4n) is 3.25. The van der Waals surface area contributed by atoms with Crippen LogP contribution < -0.4 is 4.90 Å². The third-order valence-corrected chi connectivity index (χ3v) is 4.82. The molecule has 1 saturated heterocycles. The standard InChI is InChI=1S/C21H28N4O/c1-15-14-16(2)23-20(22-15)25-12-10-24(11-13-25)19(26)17-6-8-18(9-7-17)21(3,4)5/h6-9,14H,10-13H2,1-5H3. The third-order valence-electron chi connectivity index (χ3n) is 4.82. The third kappa shape index (κ3) is 4.03. The molecule has 1 fully saturated rings. The molecule has 0 atom stereocenters. The molecule has 0 radical (unpaired) electrons. The summed E-state index contributed by atoms with van der Waals surface area (Å²) in [7, 11) is 0. The molecular formula is C21H28N4O. The number of anilines is 1. The van der Waals surface area contributed by atoms with Gasteiger partial charge in [-0.25, -0.2) is 9.97 Å². The summed E-state index contributed by atoms with van der Waals surface area (Å²) in [5, 5.41) is 0. The van der Waals surface area contributed by atoms with Gasteiger partial charge in [0.25, 0.3) is 5.91 Å². The van der Waals surface area contributed by atoms with Crippen LogP contribution >= 0.6 is 0 Å². The van der Waals surface area contributed by atoms with Gasteiger partial charge in [-0.3, -0.25) is 4.79 Å². The van der Waals surface area contributed by atoms with E-state index in [4.69, 9.17) is 0 Å². The first-order valence-electron chi connectivity index (χ1n) is 9.21. The van der Waals surface area contributed by atoms with Crippen LogP contribution in [-0.2, 0) is 5.41 Å². The van der Waals surface area contributed by atoms with Gasteiger partial charge in [-0.2, -0.15) is 0 Å². The van der Waals surface area contributed by atoms with Crippen molar-refractivity contribution in [2.75, 3.05) is 31.1 Å². The molecular weight excluding hydrogens is 324 g/mol. The Balaban J connectivity index is 1.65. The number of aromatic nitrogens is 2. The first-order valence-corrected chi connectivity index (χ1v) is 9.21. The van der Waals surface area contributed by atoms with E-state index in [1.807, 2.05) is 36.9 Å². The lowest BCUT2D eigenvalue weighted by Gasteiger charge is -2.35. The molecule has 0 bridgehead atoms. The summed E-state index contributed by atoms with van der Waals surface area (Å²) in [6.45, 7) is 13.4. The molecule has 138 valence electrons. The van der Waals surface area contributed by atoms with Crippen LogP contribution in [0.25, 0.3) is 0 Å². The fraction of sp³-hybridized carbons (Fsp3) is 0.476. The first kappa shape index (κ1) is 18.4. The minimum atomic E-state index is 0.0964. The van der Waals surface area contributed by atoms with Crippen molar-refractivity contribution < 1.29 is 4.79 Å². The number of carbonyl (C=O) groups excluding carboxylic acids is 1. The summed E-state index contributed by atoms with van der Waals surface area (Å²) < 4.78 is 0. The maximum Gasteiger partial charge on any atom is 0.253 e. The van der Waals surface area contributed by atoms with Crippen LogP contribution in [0.1, 0.15) is 48.1 Å². The SMILES string of the molecule is Cc1cc(C)nc(N2CCN(C(=O)c3ccc(C(C)(C)C)cc3)CC2)n1. The van der Waals surface area contributed by atoms with Gasteiger partial charge in [0.1, 0.15) is 0 Å². The normalized spacial score (nSPS) is 15.3. The molecule has 1 amide bonds. The highest BCUT2D eigenvalue weighted by Crippen LogP contribution is 2.23. The Morgan fingerprint density at radius 2 is 1.46 bits per heavy atom. The van der Waals surface area contributed by atoms with Crippen LogP contribution in [0.4, 0.5) is 5.95 Å². The minimum absolute atomic E-state index is 0.0964. The van der Waals surface area contributed by atoms with E-state index >= 15 is 0 Å². The molecule has 5 nitrogen and oxygen atoms in total. The lowest BCUT2D eigenvalue weighted by Crippen LogP contribution is -2.49. The van der Waals surface area contributed by atoms with Crippen molar-refractivity contribution in [1.82, 2.24) is 14.9 Å². The van der Waals surface area contributed by atoms with Gasteiger partial charge >= 0.3 is 0 Å². The Hall–Kier alpha value is -2.43. The van der Waals surface area contributed by atoms with Crippen molar-refractivity contribution in [3.05, 3.63) is 52.8 Å². The highest BCUT2D eigenvalue weighted by Gasteiger charge is 2.24. The summed E-state index contributed by atoms with van der Waals surface area (Å²) >= 11 is 0. The number of hydrogen-bond acceptors (Lipinski definition) is 4. The molecule has 0 spiro atoms. The fourth-order valence-corrected chi connectivity index (χ4v) is 3.25. The van der Waals surface area contributed by atoms with Gasteiger partial charge in [0, 0.05) is 43.1 Å². The van der Waals surface area contributed by atoms with E-state index < -0.39 is 0 Å². The molecule has 1 aliphatic rings. The van der Waals surface area contributed by atoms with Crippen LogP contribution in [0, 0.1) is 13.8 Å². The van der Waals surface area contributed by atoms with Crippen LogP contribution in [0.5, 0.6) is 0 Å². The van der Waals surface area contributed by atoms with Crippen LogP contribution in [-0.4, -0.2) is 47.0 Å². The van der Waals surface area contributed by atoms with E-state index in [2.05, 4.69) is 47.8 Å². The van der Waals surface area contributed by atoms with Crippen LogP contribution in [0.15, 0.2) is 30.3 Å². The Morgan fingerprint density at radius 3 is 1.96 bits per heavy atom. The van der Waals surface area contributed by atoms with Crippen molar-refractivity contribution in [3.8, 4) is 0 Å². The highest BCUT2D eigenvalue weighted by molar-refractivity contribution is 5.94. The lowest BCUT2D eigenvalue weighted by atomic mass is 9.86. The molecule has 1 aliphatic heterocycles. The van der Waals surface area contributed by atoms with E-state index in [1.165, 1.54) is 5.56 Å². The van der Waals surface area contributed by atoms with E-state index in [1.54, 1.807) is 0 Å². The topological polar surface area (TPSA) is 49.3 Å². The number of benzene rings is 1. The molecule has 0 aliphatic carbocycles. The van der Waals surface area contributed by atoms with Crippen molar-refractivity contribution in [2.45, 2.75) is 40.0 Å². The Kier molecular flexibility index (Phi) is 4.99. The van der Waals surface area contributed by atoms with Gasteiger partial charge in [-0.05, 0) is 43.0 Å². The second-order valence-electron chi connectivity index (χ2n) is 8.06. The number of nitrogens with zero attached hydrogens (tertiary/aromatic N) is 4. The van der Waals surface area contributed by atoms with Crippen LogP contribution in [0.3, 0.4) is 0 Å². The van der Waals surface area contributed by atoms with E-state index in [-0.39, 0.29) is 11.3 Å². The Bertz CT molecular complexity index is 764. The van der Waals surface area contributed by atoms with Crippen molar-refractivity contribution in [3.63, 3.8) is 0 Å². The predicted octanol–water partition coefficient (Wildman–Crippen LogP) is 3.35. The minimum Gasteiger partial charge on any atom is -0.337 e.